The first-order valence-electron chi connectivity index (χ1n) is 9.88. The molecule has 0 saturated carbocycles. The number of amides is 2. The summed E-state index contributed by atoms with van der Waals surface area (Å²) in [6.45, 7) is 1.78. The Bertz CT molecular complexity index is 982. The predicted molar refractivity (Wildman–Crippen MR) is 117 cm³/mol. The molecule has 0 aliphatic carbocycles. The summed E-state index contributed by atoms with van der Waals surface area (Å²) in [6.07, 6.45) is 1.26. The van der Waals surface area contributed by atoms with E-state index in [1.54, 1.807) is 6.92 Å². The number of halogens is 1. The average Bonchev–Trinajstić information content (AvgIpc) is 2.72. The van der Waals surface area contributed by atoms with Gasteiger partial charge in [-0.1, -0.05) is 42.5 Å². The van der Waals surface area contributed by atoms with Gasteiger partial charge in [0.25, 0.3) is 0 Å². The SMILES string of the molecule is CCNC(=O)[C@H](Cc1ccccc1)N(Cc1ccc(F)cc1)C(=O)CN(C)S(C)(=O)=O. The minimum atomic E-state index is -3.59. The Kier molecular flexibility index (Phi) is 8.70. The predicted octanol–water partition coefficient (Wildman–Crippen LogP) is 1.79. The number of nitrogens with zero attached hydrogens (tertiary/aromatic N) is 2. The lowest BCUT2D eigenvalue weighted by atomic mass is 10.0. The Hall–Kier alpha value is -2.78. The normalized spacial score (nSPS) is 12.4. The second kappa shape index (κ2) is 11.0. The first-order chi connectivity index (χ1) is 14.6. The van der Waals surface area contributed by atoms with Crippen molar-refractivity contribution in [1.82, 2.24) is 14.5 Å². The van der Waals surface area contributed by atoms with Crippen LogP contribution in [0.4, 0.5) is 4.39 Å². The number of rotatable bonds is 10. The molecule has 0 heterocycles. The summed E-state index contributed by atoms with van der Waals surface area (Å²) < 4.78 is 37.9. The molecule has 31 heavy (non-hydrogen) atoms. The maximum Gasteiger partial charge on any atom is 0.243 e. The summed E-state index contributed by atoms with van der Waals surface area (Å²) in [4.78, 5) is 27.5. The summed E-state index contributed by atoms with van der Waals surface area (Å²) in [5.74, 6) is -1.28. The van der Waals surface area contributed by atoms with Gasteiger partial charge in [-0.3, -0.25) is 9.59 Å². The molecule has 0 aromatic heterocycles. The molecule has 0 radical (unpaired) electrons. The highest BCUT2D eigenvalue weighted by Gasteiger charge is 2.31. The molecule has 0 fully saturated rings. The number of carbonyl (C=O) groups is 2. The third-order valence-electron chi connectivity index (χ3n) is 4.81. The van der Waals surface area contributed by atoms with Gasteiger partial charge in [0.15, 0.2) is 0 Å². The number of hydrogen-bond donors (Lipinski definition) is 1. The fraction of sp³-hybridized carbons (Fsp3) is 0.364. The summed E-state index contributed by atoms with van der Waals surface area (Å²) in [6, 6.07) is 14.0. The number of carbonyl (C=O) groups excluding carboxylic acids is 2. The van der Waals surface area contributed by atoms with E-state index in [1.165, 1.54) is 36.2 Å². The van der Waals surface area contributed by atoms with Crippen LogP contribution in [0, 0.1) is 5.82 Å². The monoisotopic (exact) mass is 449 g/mol. The molecular formula is C22H28FN3O4S. The van der Waals surface area contributed by atoms with Crippen LogP contribution in [0.15, 0.2) is 54.6 Å². The van der Waals surface area contributed by atoms with E-state index in [-0.39, 0.29) is 18.9 Å². The van der Waals surface area contributed by atoms with Crippen molar-refractivity contribution in [3.63, 3.8) is 0 Å². The molecule has 2 rings (SSSR count). The third-order valence-corrected chi connectivity index (χ3v) is 6.07. The smallest absolute Gasteiger partial charge is 0.243 e. The maximum atomic E-state index is 13.3. The average molecular weight is 450 g/mol. The van der Waals surface area contributed by atoms with Crippen molar-refractivity contribution in [2.45, 2.75) is 25.9 Å². The van der Waals surface area contributed by atoms with E-state index in [2.05, 4.69) is 5.32 Å². The van der Waals surface area contributed by atoms with Gasteiger partial charge in [0.2, 0.25) is 21.8 Å². The van der Waals surface area contributed by atoms with E-state index in [9.17, 15) is 22.4 Å². The zero-order valence-electron chi connectivity index (χ0n) is 17.9. The van der Waals surface area contributed by atoms with E-state index in [1.807, 2.05) is 30.3 Å². The largest absolute Gasteiger partial charge is 0.355 e. The van der Waals surface area contributed by atoms with Crippen molar-refractivity contribution < 1.29 is 22.4 Å². The van der Waals surface area contributed by atoms with Crippen LogP contribution in [0.2, 0.25) is 0 Å². The molecule has 2 aromatic rings. The Morgan fingerprint density at radius 1 is 1.03 bits per heavy atom. The highest BCUT2D eigenvalue weighted by atomic mass is 32.2. The van der Waals surface area contributed by atoms with Crippen LogP contribution in [0.25, 0.3) is 0 Å². The van der Waals surface area contributed by atoms with Crippen molar-refractivity contribution in [2.24, 2.45) is 0 Å². The zero-order chi connectivity index (χ0) is 23.0. The van der Waals surface area contributed by atoms with Crippen LogP contribution in [-0.4, -0.2) is 61.9 Å². The van der Waals surface area contributed by atoms with Gasteiger partial charge in [0.1, 0.15) is 11.9 Å². The Morgan fingerprint density at radius 3 is 2.19 bits per heavy atom. The number of hydrogen-bond acceptors (Lipinski definition) is 4. The summed E-state index contributed by atoms with van der Waals surface area (Å²) in [5, 5.41) is 2.75. The zero-order valence-corrected chi connectivity index (χ0v) is 18.7. The molecule has 7 nitrogen and oxygen atoms in total. The minimum Gasteiger partial charge on any atom is -0.355 e. The van der Waals surface area contributed by atoms with Gasteiger partial charge in [-0.25, -0.2) is 12.8 Å². The topological polar surface area (TPSA) is 86.8 Å². The maximum absolute atomic E-state index is 13.3. The Balaban J connectivity index is 2.41. The van der Waals surface area contributed by atoms with Gasteiger partial charge in [0.05, 0.1) is 12.8 Å². The summed E-state index contributed by atoms with van der Waals surface area (Å²) >= 11 is 0. The number of sulfonamides is 1. The van der Waals surface area contributed by atoms with Crippen LogP contribution < -0.4 is 5.32 Å². The van der Waals surface area contributed by atoms with E-state index < -0.39 is 34.3 Å². The molecule has 0 saturated heterocycles. The summed E-state index contributed by atoms with van der Waals surface area (Å²) in [7, 11) is -2.28. The van der Waals surface area contributed by atoms with Crippen LogP contribution in [-0.2, 0) is 32.6 Å². The molecule has 0 unspecified atom stereocenters. The van der Waals surface area contributed by atoms with Gasteiger partial charge >= 0.3 is 0 Å². The first kappa shape index (κ1) is 24.5. The molecule has 1 atom stereocenters. The molecular weight excluding hydrogens is 421 g/mol. The second-order valence-electron chi connectivity index (χ2n) is 7.27. The quantitative estimate of drug-likeness (QED) is 0.599. The van der Waals surface area contributed by atoms with Crippen molar-refractivity contribution in [2.75, 3.05) is 26.4 Å². The van der Waals surface area contributed by atoms with E-state index in [0.717, 1.165) is 16.1 Å². The first-order valence-corrected chi connectivity index (χ1v) is 11.7. The van der Waals surface area contributed by atoms with Crippen molar-refractivity contribution in [1.29, 1.82) is 0 Å². The summed E-state index contributed by atoms with van der Waals surface area (Å²) in [5.41, 5.74) is 1.48. The lowest BCUT2D eigenvalue weighted by Gasteiger charge is -2.32. The lowest BCUT2D eigenvalue weighted by Crippen LogP contribution is -2.52. The van der Waals surface area contributed by atoms with Gasteiger partial charge in [-0.05, 0) is 30.2 Å². The van der Waals surface area contributed by atoms with E-state index >= 15 is 0 Å². The van der Waals surface area contributed by atoms with Gasteiger partial charge in [0, 0.05) is 26.6 Å². The molecule has 0 aliphatic rings. The van der Waals surface area contributed by atoms with Crippen molar-refractivity contribution in [3.8, 4) is 0 Å². The second-order valence-corrected chi connectivity index (χ2v) is 9.36. The van der Waals surface area contributed by atoms with Crippen LogP contribution in [0.3, 0.4) is 0 Å². The molecule has 0 aliphatic heterocycles. The highest BCUT2D eigenvalue weighted by Crippen LogP contribution is 2.16. The molecule has 2 amide bonds. The minimum absolute atomic E-state index is 0.0331. The van der Waals surface area contributed by atoms with E-state index in [4.69, 9.17) is 0 Å². The Morgan fingerprint density at radius 2 is 1.65 bits per heavy atom. The van der Waals surface area contributed by atoms with Crippen LogP contribution in [0.5, 0.6) is 0 Å². The highest BCUT2D eigenvalue weighted by molar-refractivity contribution is 7.88. The van der Waals surface area contributed by atoms with Crippen LogP contribution in [0.1, 0.15) is 18.1 Å². The van der Waals surface area contributed by atoms with Gasteiger partial charge in [-0.2, -0.15) is 4.31 Å². The van der Waals surface area contributed by atoms with E-state index in [0.29, 0.717) is 12.1 Å². The molecule has 168 valence electrons. The Labute approximate surface area is 182 Å². The standard InChI is InChI=1S/C22H28FN3O4S/c1-4-24-22(28)20(14-17-8-6-5-7-9-17)26(15-18-10-12-19(23)13-11-18)21(27)16-25(2)31(3,29)30/h5-13,20H,4,14-16H2,1-3H3,(H,24,28)/t20-/m0/s1. The third kappa shape index (κ3) is 7.45. The molecule has 0 bridgehead atoms. The van der Waals surface area contributed by atoms with Crippen molar-refractivity contribution >= 4 is 21.8 Å². The number of nitrogens with one attached hydrogen (secondary N) is 1. The van der Waals surface area contributed by atoms with Crippen molar-refractivity contribution in [3.05, 3.63) is 71.5 Å². The number of likely N-dealkylation sites (N-methyl/N-ethyl adjacent to an activating group) is 2. The molecule has 9 heteroatoms. The molecule has 0 spiro atoms. The number of benzene rings is 2. The van der Waals surface area contributed by atoms with Crippen LogP contribution >= 0.6 is 0 Å². The fourth-order valence-electron chi connectivity index (χ4n) is 3.03. The van der Waals surface area contributed by atoms with Gasteiger partial charge in [-0.15, -0.1) is 0 Å². The lowest BCUT2D eigenvalue weighted by molar-refractivity contribution is -0.141. The fourth-order valence-corrected chi connectivity index (χ4v) is 3.38. The van der Waals surface area contributed by atoms with Gasteiger partial charge < -0.3 is 10.2 Å². The molecule has 2 aromatic carbocycles. The molecule has 1 N–H and O–H groups in total.